The fourth-order valence-electron chi connectivity index (χ4n) is 2.47. The van der Waals surface area contributed by atoms with Gasteiger partial charge in [-0.15, -0.1) is 0 Å². The second-order valence-electron chi connectivity index (χ2n) is 5.57. The molecule has 5 heteroatoms. The lowest BCUT2D eigenvalue weighted by Gasteiger charge is -2.34. The first-order valence-electron chi connectivity index (χ1n) is 7.59. The second kappa shape index (κ2) is 9.93. The molecule has 0 saturated carbocycles. The SMILES string of the molecule is CCCCC(CCCC)(CCCC)COP(=O)(O)O. The number of phosphoric acid groups is 1. The fourth-order valence-corrected chi connectivity index (χ4v) is 2.91. The molecule has 116 valence electrons. The molecule has 0 amide bonds. The smallest absolute Gasteiger partial charge is 0.303 e. The molecule has 0 aromatic rings. The van der Waals surface area contributed by atoms with E-state index in [4.69, 9.17) is 14.3 Å². The summed E-state index contributed by atoms with van der Waals surface area (Å²) in [5.74, 6) is 0. The lowest BCUT2D eigenvalue weighted by molar-refractivity contribution is 0.0769. The second-order valence-corrected chi connectivity index (χ2v) is 6.81. The van der Waals surface area contributed by atoms with Crippen LogP contribution in [-0.4, -0.2) is 16.4 Å². The van der Waals surface area contributed by atoms with Gasteiger partial charge in [-0.25, -0.2) is 4.57 Å². The van der Waals surface area contributed by atoms with E-state index in [2.05, 4.69) is 20.8 Å². The summed E-state index contributed by atoms with van der Waals surface area (Å²) in [5, 5.41) is 0. The van der Waals surface area contributed by atoms with Crippen LogP contribution in [0.4, 0.5) is 0 Å². The van der Waals surface area contributed by atoms with Gasteiger partial charge in [0.15, 0.2) is 0 Å². The molecule has 0 aromatic carbocycles. The van der Waals surface area contributed by atoms with Crippen molar-refractivity contribution in [3.63, 3.8) is 0 Å². The molecule has 0 aliphatic rings. The molecule has 4 nitrogen and oxygen atoms in total. The Labute approximate surface area is 118 Å². The minimum atomic E-state index is -4.36. The Morgan fingerprint density at radius 3 is 1.53 bits per heavy atom. The molecule has 0 spiro atoms. The Morgan fingerprint density at radius 2 is 1.26 bits per heavy atom. The van der Waals surface area contributed by atoms with Crippen LogP contribution in [0.2, 0.25) is 0 Å². The summed E-state index contributed by atoms with van der Waals surface area (Å²) in [4.78, 5) is 17.9. The maximum atomic E-state index is 11.0. The van der Waals surface area contributed by atoms with Crippen LogP contribution in [0.5, 0.6) is 0 Å². The molecular formula is C14H31O4P. The van der Waals surface area contributed by atoms with E-state index in [0.29, 0.717) is 0 Å². The molecule has 0 radical (unpaired) electrons. The molecule has 2 N–H and O–H groups in total. The minimum absolute atomic E-state index is 0.0524. The summed E-state index contributed by atoms with van der Waals surface area (Å²) in [6, 6.07) is 0. The normalized spacial score (nSPS) is 12.9. The molecule has 0 aliphatic heterocycles. The van der Waals surface area contributed by atoms with Crippen molar-refractivity contribution in [1.29, 1.82) is 0 Å². The predicted molar refractivity (Wildman–Crippen MR) is 79.0 cm³/mol. The average molecular weight is 294 g/mol. The zero-order chi connectivity index (χ0) is 14.8. The molecular weight excluding hydrogens is 263 g/mol. The van der Waals surface area contributed by atoms with Gasteiger partial charge in [0.2, 0.25) is 0 Å². The highest BCUT2D eigenvalue weighted by Crippen LogP contribution is 2.43. The Morgan fingerprint density at radius 1 is 0.895 bits per heavy atom. The van der Waals surface area contributed by atoms with Gasteiger partial charge in [0, 0.05) is 0 Å². The topological polar surface area (TPSA) is 66.8 Å². The molecule has 0 atom stereocenters. The van der Waals surface area contributed by atoms with E-state index in [9.17, 15) is 4.57 Å². The average Bonchev–Trinajstić information content (AvgIpc) is 2.36. The highest BCUT2D eigenvalue weighted by Gasteiger charge is 2.31. The monoisotopic (exact) mass is 294 g/mol. The van der Waals surface area contributed by atoms with Gasteiger partial charge in [-0.05, 0) is 24.7 Å². The van der Waals surface area contributed by atoms with Crippen LogP contribution in [0.3, 0.4) is 0 Å². The van der Waals surface area contributed by atoms with Gasteiger partial charge in [0.1, 0.15) is 0 Å². The summed E-state index contributed by atoms with van der Waals surface area (Å²) in [6.07, 6.45) is 9.62. The van der Waals surface area contributed by atoms with Gasteiger partial charge in [-0.2, -0.15) is 0 Å². The standard InChI is InChI=1S/C14H31O4P/c1-4-7-10-14(11-8-5-2,12-9-6-3)13-18-19(15,16)17/h4-13H2,1-3H3,(H2,15,16,17). The summed E-state index contributed by atoms with van der Waals surface area (Å²) in [5.41, 5.74) is -0.0524. The number of hydrogen-bond acceptors (Lipinski definition) is 2. The van der Waals surface area contributed by atoms with Gasteiger partial charge >= 0.3 is 7.82 Å². The molecule has 0 aromatic heterocycles. The van der Waals surface area contributed by atoms with Crippen molar-refractivity contribution >= 4 is 7.82 Å². The fraction of sp³-hybridized carbons (Fsp3) is 1.00. The number of phosphoric ester groups is 1. The van der Waals surface area contributed by atoms with E-state index in [0.717, 1.165) is 57.8 Å². The van der Waals surface area contributed by atoms with Gasteiger partial charge < -0.3 is 9.79 Å². The predicted octanol–water partition coefficient (Wildman–Crippen LogP) is 4.65. The highest BCUT2D eigenvalue weighted by molar-refractivity contribution is 7.46. The molecule has 0 fully saturated rings. The van der Waals surface area contributed by atoms with Crippen LogP contribution in [-0.2, 0) is 9.09 Å². The van der Waals surface area contributed by atoms with Gasteiger partial charge in [0.25, 0.3) is 0 Å². The van der Waals surface area contributed by atoms with Crippen LogP contribution < -0.4 is 0 Å². The van der Waals surface area contributed by atoms with Crippen molar-refractivity contribution in [2.45, 2.75) is 78.6 Å². The third kappa shape index (κ3) is 9.61. The van der Waals surface area contributed by atoms with Crippen molar-refractivity contribution in [3.05, 3.63) is 0 Å². The first kappa shape index (κ1) is 19.1. The summed E-state index contributed by atoms with van der Waals surface area (Å²) in [6.45, 7) is 6.63. The van der Waals surface area contributed by atoms with Gasteiger partial charge in [0.05, 0.1) is 6.61 Å². The summed E-state index contributed by atoms with van der Waals surface area (Å²) >= 11 is 0. The molecule has 0 unspecified atom stereocenters. The van der Waals surface area contributed by atoms with Crippen LogP contribution in [0.25, 0.3) is 0 Å². The van der Waals surface area contributed by atoms with E-state index in [1.807, 2.05) is 0 Å². The lowest BCUT2D eigenvalue weighted by atomic mass is 9.75. The van der Waals surface area contributed by atoms with Gasteiger partial charge in [-0.3, -0.25) is 4.52 Å². The molecule has 0 aliphatic carbocycles. The van der Waals surface area contributed by atoms with E-state index in [1.165, 1.54) is 0 Å². The first-order valence-corrected chi connectivity index (χ1v) is 9.12. The number of rotatable bonds is 12. The number of unbranched alkanes of at least 4 members (excludes halogenated alkanes) is 3. The third-order valence-electron chi connectivity index (χ3n) is 3.72. The lowest BCUT2D eigenvalue weighted by Crippen LogP contribution is -2.27. The molecule has 0 bridgehead atoms. The van der Waals surface area contributed by atoms with Crippen molar-refractivity contribution < 1.29 is 18.9 Å². The van der Waals surface area contributed by atoms with Crippen molar-refractivity contribution in [3.8, 4) is 0 Å². The molecule has 19 heavy (non-hydrogen) atoms. The van der Waals surface area contributed by atoms with Crippen molar-refractivity contribution in [1.82, 2.24) is 0 Å². The summed E-state index contributed by atoms with van der Waals surface area (Å²) in [7, 11) is -4.36. The number of hydrogen-bond donors (Lipinski definition) is 2. The van der Waals surface area contributed by atoms with Crippen LogP contribution in [0.15, 0.2) is 0 Å². The van der Waals surface area contributed by atoms with Gasteiger partial charge in [-0.1, -0.05) is 59.3 Å². The molecule has 0 heterocycles. The Bertz CT molecular complexity index is 240. The quantitative estimate of drug-likeness (QED) is 0.514. The Kier molecular flexibility index (Phi) is 9.98. The van der Waals surface area contributed by atoms with Crippen LogP contribution in [0, 0.1) is 5.41 Å². The van der Waals surface area contributed by atoms with E-state index >= 15 is 0 Å². The first-order chi connectivity index (χ1) is 8.89. The maximum absolute atomic E-state index is 11.0. The van der Waals surface area contributed by atoms with Crippen molar-refractivity contribution in [2.24, 2.45) is 5.41 Å². The maximum Gasteiger partial charge on any atom is 0.469 e. The van der Waals surface area contributed by atoms with E-state index in [-0.39, 0.29) is 12.0 Å². The highest BCUT2D eigenvalue weighted by atomic mass is 31.2. The van der Waals surface area contributed by atoms with Crippen molar-refractivity contribution in [2.75, 3.05) is 6.61 Å². The third-order valence-corrected chi connectivity index (χ3v) is 4.19. The minimum Gasteiger partial charge on any atom is -0.303 e. The largest absolute Gasteiger partial charge is 0.469 e. The Hall–Kier alpha value is 0.110. The van der Waals surface area contributed by atoms with Crippen LogP contribution >= 0.6 is 7.82 Å². The van der Waals surface area contributed by atoms with E-state index in [1.54, 1.807) is 0 Å². The Balaban J connectivity index is 4.70. The van der Waals surface area contributed by atoms with Crippen LogP contribution in [0.1, 0.15) is 78.6 Å². The molecule has 0 rings (SSSR count). The van der Waals surface area contributed by atoms with E-state index < -0.39 is 7.82 Å². The zero-order valence-corrected chi connectivity index (χ0v) is 13.6. The molecule has 0 saturated heterocycles. The zero-order valence-electron chi connectivity index (χ0n) is 12.7. The summed E-state index contributed by atoms with van der Waals surface area (Å²) < 4.78 is 15.8.